The molecular weight excluding hydrogens is 521 g/mol. The first-order valence-corrected chi connectivity index (χ1v) is 2.14. The first-order valence-electron chi connectivity index (χ1n) is 1.05. The Morgan fingerprint density at radius 2 is 1.75 bits per heavy atom. The van der Waals surface area contributed by atoms with Gasteiger partial charge in [0.05, 0.1) is 0 Å². The predicted molar refractivity (Wildman–Crippen MR) is 21.0 cm³/mol. The third-order valence-corrected chi connectivity index (χ3v) is 0.587. The van der Waals surface area contributed by atoms with Gasteiger partial charge < -0.3 is 0 Å². The molecule has 4 radical (unpaired) electrons. The van der Waals surface area contributed by atoms with Gasteiger partial charge in [-0.15, -0.1) is 0 Å². The van der Waals surface area contributed by atoms with Crippen LogP contribution in [0.3, 0.4) is 0 Å². The first kappa shape index (κ1) is 22.5. The van der Waals surface area contributed by atoms with Crippen molar-refractivity contribution in [2.45, 2.75) is 0 Å². The summed E-state index contributed by atoms with van der Waals surface area (Å²) < 4.78 is -0.0370. The second kappa shape index (κ2) is 16.1. The standard InChI is InChI=1S/C3H3O.Al.2Au.Ti/c1-2-3-4;;;;/h2H,1H2;;;;. The molecule has 0 unspecified atom stereocenters. The molecule has 0 N–H and O–H groups in total. The normalized spacial score (nSPS) is 4.25. The first-order chi connectivity index (χ1) is 2.27. The van der Waals surface area contributed by atoms with E-state index in [1.165, 1.54) is 6.08 Å². The molecule has 0 rings (SSSR count). The van der Waals surface area contributed by atoms with Crippen LogP contribution in [-0.4, -0.2) is 21.4 Å². The van der Waals surface area contributed by atoms with E-state index >= 15 is 0 Å². The summed E-state index contributed by atoms with van der Waals surface area (Å²) in [5, 5.41) is 0. The van der Waals surface area contributed by atoms with Gasteiger partial charge in [0.15, 0.2) is 0 Å². The largest absolute Gasteiger partial charge is 0 e. The van der Waals surface area contributed by atoms with E-state index in [4.69, 9.17) is 0 Å². The molecule has 0 aromatic rings. The average molecular weight is 524 g/mol. The van der Waals surface area contributed by atoms with E-state index in [-0.39, 0.29) is 65.5 Å². The van der Waals surface area contributed by atoms with E-state index in [2.05, 4.69) is 6.58 Å². The van der Waals surface area contributed by atoms with Crippen LogP contribution in [0.15, 0.2) is 12.7 Å². The van der Waals surface area contributed by atoms with Crippen LogP contribution in [-0.2, 0) is 70.0 Å². The summed E-state index contributed by atoms with van der Waals surface area (Å²) >= 11 is 1.81. The third kappa shape index (κ3) is 24.2. The summed E-state index contributed by atoms with van der Waals surface area (Å²) in [4.78, 5) is 9.67. The van der Waals surface area contributed by atoms with Gasteiger partial charge in [-0.3, -0.25) is 0 Å². The van der Waals surface area contributed by atoms with Crippen LogP contribution in [0.4, 0.5) is 0 Å². The number of carbonyl (C=O) groups excluding carboxylic acids is 1. The Labute approximate surface area is 102 Å². The van der Waals surface area contributed by atoms with Crippen molar-refractivity contribution in [3.05, 3.63) is 12.7 Å². The fourth-order valence-electron chi connectivity index (χ4n) is 0. The molecule has 0 bridgehead atoms. The van der Waals surface area contributed by atoms with E-state index < -0.39 is 0 Å². The Balaban J connectivity index is -0.0000000267. The molecule has 0 amide bonds. The van der Waals surface area contributed by atoms with Gasteiger partial charge in [-0.2, -0.15) is 0 Å². The molecular formula is C3H3AlAu2OTi. The minimum absolute atomic E-state index is 0. The number of allylic oxidation sites excluding steroid dienone is 1. The summed E-state index contributed by atoms with van der Waals surface area (Å²) in [7, 11) is 0. The van der Waals surface area contributed by atoms with E-state index in [0.717, 1.165) is 0 Å². The monoisotopic (exact) mass is 524 g/mol. The smallest absolute Gasteiger partial charge is 0 e. The minimum atomic E-state index is -0.0370. The molecule has 8 heavy (non-hydrogen) atoms. The molecule has 0 aliphatic carbocycles. The molecule has 0 saturated carbocycles. The van der Waals surface area contributed by atoms with Crippen LogP contribution in [0.2, 0.25) is 0 Å². The van der Waals surface area contributed by atoms with Crippen LogP contribution >= 0.6 is 0 Å². The molecule has 5 heteroatoms. The van der Waals surface area contributed by atoms with Crippen LogP contribution < -0.4 is 0 Å². The summed E-state index contributed by atoms with van der Waals surface area (Å²) in [5.41, 5.74) is 0. The van der Waals surface area contributed by atoms with Crippen molar-refractivity contribution >= 4 is 21.4 Å². The van der Waals surface area contributed by atoms with Crippen molar-refractivity contribution in [1.29, 1.82) is 0 Å². The third-order valence-electron chi connectivity index (χ3n) is 0.145. The molecule has 0 spiro atoms. The van der Waals surface area contributed by atoms with Gasteiger partial charge in [0, 0.05) is 61.5 Å². The molecule has 0 saturated heterocycles. The zero-order valence-corrected chi connectivity index (χ0v) is 10.9. The SMILES string of the molecule is C=C[C](=O)[Au].[Al].[Au].[Ti]. The molecule has 50 valence electrons. The van der Waals surface area contributed by atoms with E-state index in [9.17, 15) is 4.79 Å². The van der Waals surface area contributed by atoms with Crippen molar-refractivity contribution in [3.63, 3.8) is 0 Å². The van der Waals surface area contributed by atoms with Crippen molar-refractivity contribution in [2.24, 2.45) is 0 Å². The van der Waals surface area contributed by atoms with Crippen LogP contribution in [0, 0.1) is 0 Å². The second-order valence-corrected chi connectivity index (χ2v) is 1.54. The topological polar surface area (TPSA) is 17.1 Å². The van der Waals surface area contributed by atoms with Crippen LogP contribution in [0.1, 0.15) is 0 Å². The zero-order valence-electron chi connectivity index (χ0n) is 3.87. The fraction of sp³-hybridized carbons (Fsp3) is 0. The molecule has 0 heterocycles. The van der Waals surface area contributed by atoms with E-state index in [1.807, 2.05) is 0 Å². The van der Waals surface area contributed by atoms with Gasteiger partial charge in [0.1, 0.15) is 0 Å². The van der Waals surface area contributed by atoms with Crippen LogP contribution in [0.5, 0.6) is 0 Å². The Kier molecular flexibility index (Phi) is 45.1. The molecule has 0 atom stereocenters. The van der Waals surface area contributed by atoms with Crippen molar-refractivity contribution in [2.75, 3.05) is 0 Å². The second-order valence-electron chi connectivity index (χ2n) is 0.471. The molecule has 0 aromatic carbocycles. The van der Waals surface area contributed by atoms with Crippen molar-refractivity contribution in [1.82, 2.24) is 0 Å². The zero-order chi connectivity index (χ0) is 4.28. The maximum Gasteiger partial charge on any atom is 0 e. The molecule has 0 fully saturated rings. The number of hydrogen-bond acceptors (Lipinski definition) is 1. The summed E-state index contributed by atoms with van der Waals surface area (Å²) in [6, 6.07) is 0. The van der Waals surface area contributed by atoms with Gasteiger partial charge >= 0.3 is 42.5 Å². The van der Waals surface area contributed by atoms with E-state index in [1.54, 1.807) is 21.1 Å². The van der Waals surface area contributed by atoms with Gasteiger partial charge in [0.25, 0.3) is 0 Å². The summed E-state index contributed by atoms with van der Waals surface area (Å²) in [6.07, 6.45) is 1.25. The Morgan fingerprint density at radius 3 is 1.75 bits per heavy atom. The summed E-state index contributed by atoms with van der Waals surface area (Å²) in [6.45, 7) is 3.20. The Hall–Kier alpha value is 2.14. The van der Waals surface area contributed by atoms with Gasteiger partial charge in [-0.1, -0.05) is 0 Å². The summed E-state index contributed by atoms with van der Waals surface area (Å²) in [5.74, 6) is 0. The van der Waals surface area contributed by atoms with Crippen molar-refractivity contribution < 1.29 is 70.0 Å². The fourth-order valence-corrected chi connectivity index (χ4v) is 0. The van der Waals surface area contributed by atoms with Gasteiger partial charge in [-0.25, -0.2) is 0 Å². The minimum Gasteiger partial charge on any atom is 0 e. The molecule has 0 aliphatic rings. The predicted octanol–water partition coefficient (Wildman–Crippen LogP) is -0.140. The number of rotatable bonds is 1. The Morgan fingerprint density at radius 1 is 1.62 bits per heavy atom. The maximum atomic E-state index is 9.67. The van der Waals surface area contributed by atoms with Gasteiger partial charge in [0.2, 0.25) is 0 Å². The molecule has 0 aromatic heterocycles. The molecule has 0 aliphatic heterocycles. The number of carbonyl (C=O) groups is 1. The Bertz CT molecular complexity index is 68.3. The average Bonchev–Trinajstić information content (AvgIpc) is 1.38. The van der Waals surface area contributed by atoms with E-state index in [0.29, 0.717) is 0 Å². The van der Waals surface area contributed by atoms with Crippen LogP contribution in [0.25, 0.3) is 0 Å². The quantitative estimate of drug-likeness (QED) is 0.346. The van der Waals surface area contributed by atoms with Gasteiger partial charge in [-0.05, 0) is 0 Å². The molecule has 1 nitrogen and oxygen atoms in total. The number of hydrogen-bond donors (Lipinski definition) is 0. The maximum absolute atomic E-state index is 9.67. The van der Waals surface area contributed by atoms with Crippen molar-refractivity contribution in [3.8, 4) is 0 Å².